The van der Waals surface area contributed by atoms with Crippen molar-refractivity contribution in [2.75, 3.05) is 30.3 Å². The van der Waals surface area contributed by atoms with Gasteiger partial charge in [-0.05, 0) is 41.5 Å². The van der Waals surface area contributed by atoms with E-state index in [0.717, 1.165) is 37.1 Å². The highest BCUT2D eigenvalue weighted by Gasteiger charge is 2.12. The Morgan fingerprint density at radius 2 is 1.60 bits per heavy atom. The van der Waals surface area contributed by atoms with Gasteiger partial charge in [-0.25, -0.2) is 9.97 Å². The van der Waals surface area contributed by atoms with Gasteiger partial charge in [0, 0.05) is 37.8 Å². The Morgan fingerprint density at radius 3 is 2.10 bits per heavy atom. The molecule has 0 aliphatic carbocycles. The van der Waals surface area contributed by atoms with E-state index in [1.54, 1.807) is 0 Å². The molecule has 0 atom stereocenters. The highest BCUT2D eigenvalue weighted by molar-refractivity contribution is 5.47. The second-order valence-corrected chi connectivity index (χ2v) is 5.57. The quantitative estimate of drug-likeness (QED) is 0.766. The van der Waals surface area contributed by atoms with Gasteiger partial charge in [-0.3, -0.25) is 4.90 Å². The molecule has 0 radical (unpaired) electrons. The third-order valence-corrected chi connectivity index (χ3v) is 3.20. The fourth-order valence-electron chi connectivity index (χ4n) is 2.36. The van der Waals surface area contributed by atoms with Gasteiger partial charge >= 0.3 is 0 Å². The molecule has 0 saturated heterocycles. The van der Waals surface area contributed by atoms with Gasteiger partial charge in [0.2, 0.25) is 0 Å². The van der Waals surface area contributed by atoms with Crippen molar-refractivity contribution in [3.63, 3.8) is 0 Å². The SMILES string of the molecule is CCNc1cc(NCCN(C(C)C)C(C)C)nc(C)n1. The van der Waals surface area contributed by atoms with Gasteiger partial charge in [-0.15, -0.1) is 0 Å². The summed E-state index contributed by atoms with van der Waals surface area (Å²) in [6, 6.07) is 3.08. The minimum absolute atomic E-state index is 0.557. The highest BCUT2D eigenvalue weighted by atomic mass is 15.2. The van der Waals surface area contributed by atoms with Gasteiger partial charge < -0.3 is 10.6 Å². The summed E-state index contributed by atoms with van der Waals surface area (Å²) in [5, 5.41) is 6.61. The third-order valence-electron chi connectivity index (χ3n) is 3.20. The van der Waals surface area contributed by atoms with E-state index in [9.17, 15) is 0 Å². The van der Waals surface area contributed by atoms with Gasteiger partial charge in [-0.2, -0.15) is 0 Å². The van der Waals surface area contributed by atoms with E-state index in [-0.39, 0.29) is 0 Å². The van der Waals surface area contributed by atoms with Crippen molar-refractivity contribution in [1.82, 2.24) is 14.9 Å². The summed E-state index contributed by atoms with van der Waals surface area (Å²) >= 11 is 0. The fourth-order valence-corrected chi connectivity index (χ4v) is 2.36. The summed E-state index contributed by atoms with van der Waals surface area (Å²) in [4.78, 5) is 11.2. The van der Waals surface area contributed by atoms with Crippen molar-refractivity contribution in [1.29, 1.82) is 0 Å². The van der Waals surface area contributed by atoms with Gasteiger partial charge in [0.05, 0.1) is 0 Å². The van der Waals surface area contributed by atoms with E-state index in [1.807, 2.05) is 13.0 Å². The monoisotopic (exact) mass is 279 g/mol. The van der Waals surface area contributed by atoms with Crippen LogP contribution in [0.25, 0.3) is 0 Å². The smallest absolute Gasteiger partial charge is 0.131 e. The summed E-state index contributed by atoms with van der Waals surface area (Å²) < 4.78 is 0. The Balaban J connectivity index is 2.56. The van der Waals surface area contributed by atoms with Gasteiger partial charge in [0.25, 0.3) is 0 Å². The molecule has 5 heteroatoms. The first kappa shape index (κ1) is 16.7. The molecule has 0 aliphatic heterocycles. The van der Waals surface area contributed by atoms with Crippen molar-refractivity contribution >= 4 is 11.6 Å². The lowest BCUT2D eigenvalue weighted by molar-refractivity contribution is 0.182. The van der Waals surface area contributed by atoms with Crippen molar-refractivity contribution < 1.29 is 0 Å². The first-order valence-corrected chi connectivity index (χ1v) is 7.53. The number of hydrogen-bond donors (Lipinski definition) is 2. The molecule has 2 N–H and O–H groups in total. The van der Waals surface area contributed by atoms with Crippen LogP contribution in [0.2, 0.25) is 0 Å². The van der Waals surface area contributed by atoms with E-state index >= 15 is 0 Å². The minimum Gasteiger partial charge on any atom is -0.370 e. The van der Waals surface area contributed by atoms with Gasteiger partial charge in [-0.1, -0.05) is 0 Å². The zero-order chi connectivity index (χ0) is 15.1. The van der Waals surface area contributed by atoms with Crippen LogP contribution in [0, 0.1) is 6.92 Å². The molecule has 5 nitrogen and oxygen atoms in total. The van der Waals surface area contributed by atoms with Crippen molar-refractivity contribution in [3.05, 3.63) is 11.9 Å². The Hall–Kier alpha value is -1.36. The second kappa shape index (κ2) is 8.04. The predicted molar refractivity (Wildman–Crippen MR) is 86.4 cm³/mol. The summed E-state index contributed by atoms with van der Waals surface area (Å²) in [6.07, 6.45) is 0. The van der Waals surface area contributed by atoms with Gasteiger partial charge in [0.15, 0.2) is 0 Å². The van der Waals surface area contributed by atoms with Gasteiger partial charge in [0.1, 0.15) is 17.5 Å². The maximum absolute atomic E-state index is 4.42. The normalized spacial score (nSPS) is 11.4. The Kier molecular flexibility index (Phi) is 6.71. The average Bonchev–Trinajstić information content (AvgIpc) is 2.33. The van der Waals surface area contributed by atoms with Crippen LogP contribution in [0.5, 0.6) is 0 Å². The maximum Gasteiger partial charge on any atom is 0.131 e. The molecule has 0 bridgehead atoms. The molecule has 0 aliphatic rings. The van der Waals surface area contributed by atoms with Crippen LogP contribution in [0.15, 0.2) is 6.07 Å². The van der Waals surface area contributed by atoms with E-state index in [0.29, 0.717) is 12.1 Å². The zero-order valence-electron chi connectivity index (χ0n) is 13.7. The molecule has 0 aromatic carbocycles. The Labute approximate surface area is 123 Å². The molecule has 0 fully saturated rings. The number of rotatable bonds is 8. The lowest BCUT2D eigenvalue weighted by Crippen LogP contribution is -2.40. The van der Waals surface area contributed by atoms with E-state index < -0.39 is 0 Å². The van der Waals surface area contributed by atoms with Crippen LogP contribution in [-0.4, -0.2) is 46.6 Å². The van der Waals surface area contributed by atoms with Crippen LogP contribution in [-0.2, 0) is 0 Å². The molecule has 1 heterocycles. The number of aromatic nitrogens is 2. The molecular formula is C15H29N5. The second-order valence-electron chi connectivity index (χ2n) is 5.57. The number of nitrogens with one attached hydrogen (secondary N) is 2. The largest absolute Gasteiger partial charge is 0.370 e. The summed E-state index contributed by atoms with van der Waals surface area (Å²) in [7, 11) is 0. The first-order valence-electron chi connectivity index (χ1n) is 7.53. The van der Waals surface area contributed by atoms with Crippen LogP contribution in [0.1, 0.15) is 40.4 Å². The first-order chi connectivity index (χ1) is 9.43. The van der Waals surface area contributed by atoms with Crippen LogP contribution in [0.3, 0.4) is 0 Å². The third kappa shape index (κ3) is 5.33. The molecule has 20 heavy (non-hydrogen) atoms. The van der Waals surface area contributed by atoms with E-state index in [2.05, 4.69) is 60.1 Å². The van der Waals surface area contributed by atoms with Crippen molar-refractivity contribution in [2.45, 2.75) is 53.6 Å². The summed E-state index contributed by atoms with van der Waals surface area (Å²) in [5.74, 6) is 2.56. The number of anilines is 2. The van der Waals surface area contributed by atoms with Crippen LogP contribution >= 0.6 is 0 Å². The lowest BCUT2D eigenvalue weighted by atomic mass is 10.2. The van der Waals surface area contributed by atoms with Crippen molar-refractivity contribution in [3.8, 4) is 0 Å². The number of nitrogens with zero attached hydrogens (tertiary/aromatic N) is 3. The molecule has 0 saturated carbocycles. The number of aryl methyl sites for hydroxylation is 1. The summed E-state index contributed by atoms with van der Waals surface area (Å²) in [5.41, 5.74) is 0. The summed E-state index contributed by atoms with van der Waals surface area (Å²) in [6.45, 7) is 15.7. The van der Waals surface area contributed by atoms with E-state index in [4.69, 9.17) is 0 Å². The molecule has 1 aromatic heterocycles. The Morgan fingerprint density at radius 1 is 1.05 bits per heavy atom. The molecule has 114 valence electrons. The van der Waals surface area contributed by atoms with Crippen molar-refractivity contribution in [2.24, 2.45) is 0 Å². The Bertz CT molecular complexity index is 395. The van der Waals surface area contributed by atoms with Crippen LogP contribution < -0.4 is 10.6 Å². The van der Waals surface area contributed by atoms with Crippen LogP contribution in [0.4, 0.5) is 11.6 Å². The number of hydrogen-bond acceptors (Lipinski definition) is 5. The zero-order valence-corrected chi connectivity index (χ0v) is 13.7. The lowest BCUT2D eigenvalue weighted by Gasteiger charge is -2.30. The minimum atomic E-state index is 0.557. The maximum atomic E-state index is 4.42. The fraction of sp³-hybridized carbons (Fsp3) is 0.733. The molecule has 1 rings (SSSR count). The molecule has 0 spiro atoms. The molecular weight excluding hydrogens is 250 g/mol. The molecule has 0 unspecified atom stereocenters. The predicted octanol–water partition coefficient (Wildman–Crippen LogP) is 2.75. The molecule has 1 aromatic rings. The highest BCUT2D eigenvalue weighted by Crippen LogP contribution is 2.11. The topological polar surface area (TPSA) is 53.1 Å². The molecule has 0 amide bonds. The standard InChI is InChI=1S/C15H29N5/c1-7-16-14-10-15(19-13(6)18-14)17-8-9-20(11(2)3)12(4)5/h10-12H,7-9H2,1-6H3,(H2,16,17,18,19). The van der Waals surface area contributed by atoms with E-state index in [1.165, 1.54) is 0 Å². The average molecular weight is 279 g/mol.